The van der Waals surface area contributed by atoms with Crippen molar-refractivity contribution in [2.45, 2.75) is 90.2 Å². The van der Waals surface area contributed by atoms with Crippen LogP contribution in [0.2, 0.25) is 0 Å². The van der Waals surface area contributed by atoms with Crippen molar-refractivity contribution >= 4 is 46.7 Å². The Kier molecular flexibility index (Phi) is 12.7. The van der Waals surface area contributed by atoms with Gasteiger partial charge in [0.2, 0.25) is 0 Å². The number of nitrogens with one attached hydrogen (secondary N) is 1. The molecule has 4 aliphatic heterocycles. The molecule has 312 valence electrons. The number of benzene rings is 2. The summed E-state index contributed by atoms with van der Waals surface area (Å²) in [6.07, 6.45) is 5.11. The third kappa shape index (κ3) is 9.02. The molecule has 2 aromatic carbocycles. The van der Waals surface area contributed by atoms with Crippen LogP contribution in [0.25, 0.3) is 11.1 Å². The highest BCUT2D eigenvalue weighted by atomic mass is 16.6. The Bertz CT molecular complexity index is 2050. The van der Waals surface area contributed by atoms with Gasteiger partial charge >= 0.3 is 29.8 Å². The molecule has 3 saturated heterocycles. The molecule has 0 bridgehead atoms. The molecular formula is C43H56N6O9. The number of fused-ring (bicyclic) bond motifs is 2. The number of oxazole rings is 1. The highest BCUT2D eigenvalue weighted by molar-refractivity contribution is 6.32. The van der Waals surface area contributed by atoms with Gasteiger partial charge in [-0.05, 0) is 98.9 Å². The number of anilines is 1. The first-order chi connectivity index (χ1) is 28.0. The van der Waals surface area contributed by atoms with Gasteiger partial charge in [-0.3, -0.25) is 14.2 Å². The second-order valence-electron chi connectivity index (χ2n) is 16.3. The van der Waals surface area contributed by atoms with Crippen molar-refractivity contribution in [3.05, 3.63) is 63.6 Å². The van der Waals surface area contributed by atoms with Crippen LogP contribution in [0.4, 0.5) is 15.3 Å². The first kappa shape index (κ1) is 40.8. The number of unbranched alkanes of at least 4 members (excludes halogenated alkanes) is 1. The molecule has 3 aromatic rings. The number of nitrogens with zero attached hydrogens (tertiary/aromatic N) is 5. The fraction of sp³-hybridized carbons (Fsp3) is 0.581. The molecule has 0 saturated carbocycles. The Morgan fingerprint density at radius 1 is 0.862 bits per heavy atom. The second kappa shape index (κ2) is 18.1. The van der Waals surface area contributed by atoms with E-state index in [0.717, 1.165) is 61.8 Å². The third-order valence-electron chi connectivity index (χ3n) is 12.6. The van der Waals surface area contributed by atoms with Crippen LogP contribution in [0.1, 0.15) is 75.0 Å². The number of hydrogen-bond donors (Lipinski definition) is 1. The smallest absolute Gasteiger partial charge is 0.419 e. The minimum Gasteiger partial charge on any atom is -0.459 e. The van der Waals surface area contributed by atoms with E-state index in [1.54, 1.807) is 27.8 Å². The van der Waals surface area contributed by atoms with E-state index >= 15 is 0 Å². The summed E-state index contributed by atoms with van der Waals surface area (Å²) < 4.78 is 18.2. The third-order valence-corrected chi connectivity index (χ3v) is 12.6. The van der Waals surface area contributed by atoms with Gasteiger partial charge in [-0.25, -0.2) is 19.2 Å². The van der Waals surface area contributed by atoms with E-state index in [-0.39, 0.29) is 31.0 Å². The van der Waals surface area contributed by atoms with Crippen LogP contribution in [0, 0.1) is 18.8 Å². The van der Waals surface area contributed by atoms with Gasteiger partial charge in [0.15, 0.2) is 11.7 Å². The summed E-state index contributed by atoms with van der Waals surface area (Å²) >= 11 is 0. The fourth-order valence-corrected chi connectivity index (χ4v) is 9.26. The van der Waals surface area contributed by atoms with Gasteiger partial charge in [0.25, 0.3) is 5.91 Å². The number of amides is 5. The van der Waals surface area contributed by atoms with Gasteiger partial charge < -0.3 is 38.8 Å². The first-order valence-electron chi connectivity index (χ1n) is 21.0. The Labute approximate surface area is 338 Å². The monoisotopic (exact) mass is 800 g/mol. The Morgan fingerprint density at radius 2 is 1.52 bits per heavy atom. The summed E-state index contributed by atoms with van der Waals surface area (Å²) in [5.41, 5.74) is 4.52. The summed E-state index contributed by atoms with van der Waals surface area (Å²) in [5.74, 6) is -1.36. The predicted molar refractivity (Wildman–Crippen MR) is 215 cm³/mol. The van der Waals surface area contributed by atoms with Crippen LogP contribution in [-0.2, 0) is 43.7 Å². The van der Waals surface area contributed by atoms with Crippen molar-refractivity contribution < 1.29 is 37.9 Å². The standard InChI is InChI=1S/C43H56N6O9/c1-4-5-24-56-40(52)39(51)47-19-12-31(13-20-47)30-10-17-46(18-11-30)38(50)36(27-29-25-28(2)37-35(26-29)57-42(54)45(37)3)58-43(55)48-21-15-33(16-22-48)49-23-14-32-8-6-7-9-34(32)44-41(49)53/h6-9,25-26,30-31,33,36H,4-5,10-24,27H2,1-3H3,(H,44,53)/t36-/m1/s1. The number of carbonyl (C=O) groups excluding carboxylic acids is 5. The topological polar surface area (TPSA) is 164 Å². The van der Waals surface area contributed by atoms with Gasteiger partial charge in [-0.2, -0.15) is 0 Å². The lowest BCUT2D eigenvalue weighted by atomic mass is 9.78. The van der Waals surface area contributed by atoms with Crippen molar-refractivity contribution in [3.63, 3.8) is 0 Å². The van der Waals surface area contributed by atoms with Gasteiger partial charge in [-0.15, -0.1) is 0 Å². The van der Waals surface area contributed by atoms with Crippen molar-refractivity contribution in [2.75, 3.05) is 57.7 Å². The van der Waals surface area contributed by atoms with Crippen LogP contribution in [0.15, 0.2) is 45.6 Å². The zero-order valence-electron chi connectivity index (χ0n) is 33.9. The number of piperidine rings is 3. The maximum Gasteiger partial charge on any atom is 0.419 e. The normalized spacial score (nSPS) is 19.1. The largest absolute Gasteiger partial charge is 0.459 e. The van der Waals surface area contributed by atoms with Crippen molar-refractivity contribution in [1.29, 1.82) is 0 Å². The number of rotatable bonds is 9. The van der Waals surface area contributed by atoms with E-state index in [2.05, 4.69) is 5.32 Å². The van der Waals surface area contributed by atoms with Crippen LogP contribution < -0.4 is 11.1 Å². The average molecular weight is 801 g/mol. The molecule has 5 amide bonds. The van der Waals surface area contributed by atoms with E-state index in [9.17, 15) is 28.8 Å². The molecule has 4 aliphatic rings. The highest BCUT2D eigenvalue weighted by Gasteiger charge is 2.38. The molecule has 1 aromatic heterocycles. The Balaban J connectivity index is 0.971. The average Bonchev–Trinajstić information content (AvgIpc) is 3.41. The van der Waals surface area contributed by atoms with Crippen LogP contribution in [-0.4, -0.2) is 119 Å². The second-order valence-corrected chi connectivity index (χ2v) is 16.3. The minimum atomic E-state index is -1.10. The van der Waals surface area contributed by atoms with Gasteiger partial charge in [-0.1, -0.05) is 37.6 Å². The van der Waals surface area contributed by atoms with E-state index in [1.807, 2.05) is 49.1 Å². The molecule has 5 heterocycles. The lowest BCUT2D eigenvalue weighted by Crippen LogP contribution is -2.52. The quantitative estimate of drug-likeness (QED) is 0.181. The summed E-state index contributed by atoms with van der Waals surface area (Å²) in [6.45, 7) is 7.52. The number of aryl methyl sites for hydroxylation is 2. The maximum atomic E-state index is 14.3. The van der Waals surface area contributed by atoms with E-state index in [4.69, 9.17) is 13.9 Å². The van der Waals surface area contributed by atoms with Crippen molar-refractivity contribution in [3.8, 4) is 0 Å². The van der Waals surface area contributed by atoms with E-state index < -0.39 is 29.8 Å². The number of aromatic nitrogens is 1. The van der Waals surface area contributed by atoms with Gasteiger partial charge in [0, 0.05) is 71.0 Å². The molecule has 0 aliphatic carbocycles. The maximum absolute atomic E-state index is 14.3. The number of para-hydroxylation sites is 1. The van der Waals surface area contributed by atoms with Crippen molar-refractivity contribution in [1.82, 2.24) is 24.2 Å². The predicted octanol–water partition coefficient (Wildman–Crippen LogP) is 4.86. The lowest BCUT2D eigenvalue weighted by Gasteiger charge is -2.41. The fourth-order valence-electron chi connectivity index (χ4n) is 9.26. The van der Waals surface area contributed by atoms with Crippen LogP contribution in [0.3, 0.4) is 0 Å². The summed E-state index contributed by atoms with van der Waals surface area (Å²) in [7, 11) is 1.65. The summed E-state index contributed by atoms with van der Waals surface area (Å²) in [5, 5.41) is 3.04. The molecule has 3 fully saturated rings. The van der Waals surface area contributed by atoms with Gasteiger partial charge in [0.05, 0.1) is 12.1 Å². The Morgan fingerprint density at radius 3 is 2.21 bits per heavy atom. The van der Waals surface area contributed by atoms with E-state index in [0.29, 0.717) is 87.2 Å². The molecule has 1 N–H and O–H groups in total. The molecule has 15 nitrogen and oxygen atoms in total. The molecular weight excluding hydrogens is 745 g/mol. The number of esters is 1. The zero-order chi connectivity index (χ0) is 40.9. The molecule has 0 spiro atoms. The van der Waals surface area contributed by atoms with Crippen LogP contribution in [0.5, 0.6) is 0 Å². The number of ether oxygens (including phenoxy) is 2. The number of hydrogen-bond acceptors (Lipinski definition) is 9. The molecule has 1 atom stereocenters. The molecule has 58 heavy (non-hydrogen) atoms. The molecule has 15 heteroatoms. The number of carbonyl (C=O) groups is 5. The lowest BCUT2D eigenvalue weighted by molar-refractivity contribution is -0.161. The summed E-state index contributed by atoms with van der Waals surface area (Å²) in [4.78, 5) is 85.4. The zero-order valence-corrected chi connectivity index (χ0v) is 33.9. The summed E-state index contributed by atoms with van der Waals surface area (Å²) in [6, 6.07) is 11.3. The molecule has 0 unspecified atom stereocenters. The van der Waals surface area contributed by atoms with Gasteiger partial charge in [0.1, 0.15) is 0 Å². The molecule has 7 rings (SSSR count). The van der Waals surface area contributed by atoms with E-state index in [1.165, 1.54) is 4.57 Å². The Hall–Kier alpha value is -5.34. The number of urea groups is 1. The first-order valence-corrected chi connectivity index (χ1v) is 21.0. The highest BCUT2D eigenvalue weighted by Crippen LogP contribution is 2.33. The van der Waals surface area contributed by atoms with Crippen LogP contribution >= 0.6 is 0 Å². The SMILES string of the molecule is CCCCOC(=O)C(=O)N1CCC(C2CCN(C(=O)[C@@H](Cc3cc(C)c4c(c3)oc(=O)n4C)OC(=O)N3CCC(N4CCc5ccccc5NC4=O)CC3)CC2)CC1. The van der Waals surface area contributed by atoms with Crippen molar-refractivity contribution in [2.24, 2.45) is 18.9 Å². The minimum absolute atomic E-state index is 0.0351. The number of likely N-dealkylation sites (tertiary alicyclic amines) is 3. The molecule has 0 radical (unpaired) electrons.